The highest BCUT2D eigenvalue weighted by atomic mass is 16.2. The third kappa shape index (κ3) is 5.59. The number of nitrogens with two attached hydrogens (primary N) is 1. The van der Waals surface area contributed by atoms with Crippen molar-refractivity contribution in [3.8, 4) is 0 Å². The van der Waals surface area contributed by atoms with Crippen molar-refractivity contribution in [2.24, 2.45) is 11.7 Å². The Balaban J connectivity index is 2.25. The average Bonchev–Trinajstić information content (AvgIpc) is 2.44. The van der Waals surface area contributed by atoms with Crippen LogP contribution in [-0.2, 0) is 9.59 Å². The molecular formula is C14H27N3O2. The largest absolute Gasteiger partial charge is 0.353 e. The van der Waals surface area contributed by atoms with Crippen LogP contribution in [0.15, 0.2) is 0 Å². The first-order valence-electron chi connectivity index (χ1n) is 7.34. The van der Waals surface area contributed by atoms with Crippen molar-refractivity contribution in [2.75, 3.05) is 19.6 Å². The van der Waals surface area contributed by atoms with Crippen LogP contribution in [0.4, 0.5) is 0 Å². The molecule has 0 aromatic rings. The monoisotopic (exact) mass is 269 g/mol. The molecule has 1 fully saturated rings. The van der Waals surface area contributed by atoms with Crippen molar-refractivity contribution in [1.82, 2.24) is 10.2 Å². The molecule has 5 nitrogen and oxygen atoms in total. The Morgan fingerprint density at radius 3 is 2.53 bits per heavy atom. The molecule has 110 valence electrons. The average molecular weight is 269 g/mol. The van der Waals surface area contributed by atoms with E-state index in [0.29, 0.717) is 25.3 Å². The molecule has 0 saturated carbocycles. The molecule has 19 heavy (non-hydrogen) atoms. The minimum Gasteiger partial charge on any atom is -0.353 e. The van der Waals surface area contributed by atoms with E-state index < -0.39 is 0 Å². The number of likely N-dealkylation sites (tertiary alicyclic amines) is 1. The summed E-state index contributed by atoms with van der Waals surface area (Å²) in [5, 5.41) is 2.99. The number of amides is 2. The predicted octanol–water partition coefficient (Wildman–Crippen LogP) is 0.879. The molecule has 1 atom stereocenters. The summed E-state index contributed by atoms with van der Waals surface area (Å²) in [4.78, 5) is 25.2. The van der Waals surface area contributed by atoms with Gasteiger partial charge < -0.3 is 16.0 Å². The van der Waals surface area contributed by atoms with Crippen LogP contribution in [0.2, 0.25) is 0 Å². The van der Waals surface area contributed by atoms with Crippen LogP contribution in [0.3, 0.4) is 0 Å². The van der Waals surface area contributed by atoms with Gasteiger partial charge in [-0.15, -0.1) is 0 Å². The lowest BCUT2D eigenvalue weighted by Crippen LogP contribution is -2.46. The Morgan fingerprint density at radius 2 is 2.00 bits per heavy atom. The van der Waals surface area contributed by atoms with Crippen LogP contribution >= 0.6 is 0 Å². The second-order valence-corrected chi connectivity index (χ2v) is 5.46. The third-order valence-electron chi connectivity index (χ3n) is 3.79. The standard InChI is InChI=1S/C14H27N3O2/c1-3-13(18)16-12-6-8-17(9-7-12)14(19)5-4-11(2)10-15/h11-12H,3-10,15H2,1-2H3,(H,16,18). The maximum atomic E-state index is 12.0. The zero-order valence-corrected chi connectivity index (χ0v) is 12.2. The van der Waals surface area contributed by atoms with Crippen LogP contribution in [0.25, 0.3) is 0 Å². The number of hydrogen-bond acceptors (Lipinski definition) is 3. The Morgan fingerprint density at radius 1 is 1.37 bits per heavy atom. The first kappa shape index (κ1) is 16.0. The zero-order chi connectivity index (χ0) is 14.3. The Kier molecular flexibility index (Phi) is 6.84. The lowest BCUT2D eigenvalue weighted by atomic mass is 10.0. The molecular weight excluding hydrogens is 242 g/mol. The highest BCUT2D eigenvalue weighted by Gasteiger charge is 2.23. The van der Waals surface area contributed by atoms with Crippen LogP contribution in [-0.4, -0.2) is 42.4 Å². The minimum atomic E-state index is 0.0987. The van der Waals surface area contributed by atoms with Crippen molar-refractivity contribution in [3.05, 3.63) is 0 Å². The van der Waals surface area contributed by atoms with Gasteiger partial charge in [-0.05, 0) is 31.7 Å². The van der Waals surface area contributed by atoms with Crippen LogP contribution < -0.4 is 11.1 Å². The normalized spacial score (nSPS) is 18.2. The van der Waals surface area contributed by atoms with Gasteiger partial charge in [0.2, 0.25) is 11.8 Å². The summed E-state index contributed by atoms with van der Waals surface area (Å²) in [5.74, 6) is 0.729. The molecule has 0 spiro atoms. The van der Waals surface area contributed by atoms with E-state index in [2.05, 4.69) is 12.2 Å². The van der Waals surface area contributed by atoms with Crippen molar-refractivity contribution in [3.63, 3.8) is 0 Å². The summed E-state index contributed by atoms with van der Waals surface area (Å²) in [6.07, 6.45) is 3.70. The van der Waals surface area contributed by atoms with Crippen LogP contribution in [0.5, 0.6) is 0 Å². The molecule has 0 radical (unpaired) electrons. The highest BCUT2D eigenvalue weighted by molar-refractivity contribution is 5.77. The van der Waals surface area contributed by atoms with Gasteiger partial charge in [0.25, 0.3) is 0 Å². The van der Waals surface area contributed by atoms with E-state index in [1.807, 2.05) is 11.8 Å². The molecule has 2 amide bonds. The van der Waals surface area contributed by atoms with Gasteiger partial charge in [-0.3, -0.25) is 9.59 Å². The number of carbonyl (C=O) groups excluding carboxylic acids is 2. The first-order chi connectivity index (χ1) is 9.06. The lowest BCUT2D eigenvalue weighted by molar-refractivity contribution is -0.132. The topological polar surface area (TPSA) is 75.4 Å². The number of rotatable bonds is 6. The fourth-order valence-electron chi connectivity index (χ4n) is 2.25. The fourth-order valence-corrected chi connectivity index (χ4v) is 2.25. The molecule has 0 aromatic carbocycles. The number of hydrogen-bond donors (Lipinski definition) is 2. The van der Waals surface area contributed by atoms with Gasteiger partial charge in [0.1, 0.15) is 0 Å². The summed E-state index contributed by atoms with van der Waals surface area (Å²) >= 11 is 0. The Labute approximate surface area is 115 Å². The second kappa shape index (κ2) is 8.15. The summed E-state index contributed by atoms with van der Waals surface area (Å²) in [6.45, 7) is 6.07. The molecule has 0 aliphatic carbocycles. The smallest absolute Gasteiger partial charge is 0.222 e. The highest BCUT2D eigenvalue weighted by Crippen LogP contribution is 2.13. The molecule has 1 unspecified atom stereocenters. The maximum absolute atomic E-state index is 12.0. The van der Waals surface area contributed by atoms with E-state index in [1.54, 1.807) is 0 Å². The Hall–Kier alpha value is -1.10. The molecule has 0 bridgehead atoms. The van der Waals surface area contributed by atoms with Crippen molar-refractivity contribution in [2.45, 2.75) is 52.0 Å². The molecule has 1 aliphatic rings. The summed E-state index contributed by atoms with van der Waals surface area (Å²) in [6, 6.07) is 0.236. The van der Waals surface area contributed by atoms with Gasteiger partial charge in [-0.1, -0.05) is 13.8 Å². The predicted molar refractivity (Wildman–Crippen MR) is 75.5 cm³/mol. The number of nitrogens with one attached hydrogen (secondary N) is 1. The number of piperidine rings is 1. The second-order valence-electron chi connectivity index (χ2n) is 5.46. The van der Waals surface area contributed by atoms with E-state index in [4.69, 9.17) is 5.73 Å². The molecule has 5 heteroatoms. The fraction of sp³-hybridized carbons (Fsp3) is 0.857. The quantitative estimate of drug-likeness (QED) is 0.751. The summed E-state index contributed by atoms with van der Waals surface area (Å²) < 4.78 is 0. The van der Waals surface area contributed by atoms with E-state index in [9.17, 15) is 9.59 Å². The van der Waals surface area contributed by atoms with E-state index in [-0.39, 0.29) is 17.9 Å². The molecule has 1 aliphatic heterocycles. The molecule has 0 aromatic heterocycles. The number of carbonyl (C=O) groups is 2. The van der Waals surface area contributed by atoms with E-state index >= 15 is 0 Å². The van der Waals surface area contributed by atoms with Crippen molar-refractivity contribution in [1.29, 1.82) is 0 Å². The van der Waals surface area contributed by atoms with Gasteiger partial charge in [-0.2, -0.15) is 0 Å². The summed E-state index contributed by atoms with van der Waals surface area (Å²) in [7, 11) is 0. The van der Waals surface area contributed by atoms with Crippen molar-refractivity contribution < 1.29 is 9.59 Å². The zero-order valence-electron chi connectivity index (χ0n) is 12.2. The van der Waals surface area contributed by atoms with Gasteiger partial charge in [0.15, 0.2) is 0 Å². The third-order valence-corrected chi connectivity index (χ3v) is 3.79. The summed E-state index contributed by atoms with van der Waals surface area (Å²) in [5.41, 5.74) is 5.55. The maximum Gasteiger partial charge on any atom is 0.222 e. The SMILES string of the molecule is CCC(=O)NC1CCN(C(=O)CCC(C)CN)CC1. The molecule has 1 rings (SSSR count). The molecule has 1 heterocycles. The van der Waals surface area contributed by atoms with E-state index in [0.717, 1.165) is 32.4 Å². The van der Waals surface area contributed by atoms with Crippen molar-refractivity contribution >= 4 is 11.8 Å². The van der Waals surface area contributed by atoms with Gasteiger partial charge in [-0.25, -0.2) is 0 Å². The van der Waals surface area contributed by atoms with Gasteiger partial charge >= 0.3 is 0 Å². The minimum absolute atomic E-state index is 0.0987. The molecule has 1 saturated heterocycles. The number of nitrogens with zero attached hydrogens (tertiary/aromatic N) is 1. The lowest BCUT2D eigenvalue weighted by Gasteiger charge is -2.32. The van der Waals surface area contributed by atoms with E-state index in [1.165, 1.54) is 0 Å². The van der Waals surface area contributed by atoms with Crippen LogP contribution in [0.1, 0.15) is 46.0 Å². The Bertz CT molecular complexity index is 299. The van der Waals surface area contributed by atoms with Crippen LogP contribution in [0, 0.1) is 5.92 Å². The first-order valence-corrected chi connectivity index (χ1v) is 7.34. The van der Waals surface area contributed by atoms with Gasteiger partial charge in [0.05, 0.1) is 0 Å². The molecule has 3 N–H and O–H groups in total. The van der Waals surface area contributed by atoms with Gasteiger partial charge in [0, 0.05) is 32.0 Å².